The van der Waals surface area contributed by atoms with E-state index in [9.17, 15) is 23.1 Å². The van der Waals surface area contributed by atoms with Crippen LogP contribution in [0.1, 0.15) is 6.92 Å². The molecular formula is C3H6NNaO5S. The molecule has 0 N–H and O–H groups in total. The molecule has 1 atom stereocenters. The molecule has 0 aliphatic carbocycles. The van der Waals surface area contributed by atoms with Gasteiger partial charge in [-0.2, -0.15) is 0 Å². The minimum atomic E-state index is -4.46. The molecule has 8 heteroatoms. The van der Waals surface area contributed by atoms with Gasteiger partial charge in [0, 0.05) is 11.8 Å². The van der Waals surface area contributed by atoms with Crippen molar-refractivity contribution in [3.8, 4) is 0 Å². The van der Waals surface area contributed by atoms with Crippen LogP contribution in [-0.2, 0) is 10.1 Å². The molecule has 0 aliphatic heterocycles. The zero-order chi connectivity index (χ0) is 8.36. The number of hydrogen-bond donors (Lipinski definition) is 0. The first-order chi connectivity index (χ1) is 4.33. The fourth-order valence-electron chi connectivity index (χ4n) is 0.356. The van der Waals surface area contributed by atoms with Crippen molar-refractivity contribution in [1.82, 2.24) is 0 Å². The monoisotopic (exact) mass is 191 g/mol. The summed E-state index contributed by atoms with van der Waals surface area (Å²) >= 11 is 0. The normalized spacial score (nSPS) is 13.3. The Balaban J connectivity index is 0. The Labute approximate surface area is 86.2 Å². The van der Waals surface area contributed by atoms with Crippen molar-refractivity contribution < 1.29 is 47.5 Å². The molecule has 0 aliphatic rings. The van der Waals surface area contributed by atoms with Gasteiger partial charge in [0.25, 0.3) is 0 Å². The second kappa shape index (κ2) is 5.04. The molecule has 0 amide bonds. The van der Waals surface area contributed by atoms with Gasteiger partial charge in [-0.3, -0.25) is 10.1 Å². The van der Waals surface area contributed by atoms with E-state index in [1.165, 1.54) is 0 Å². The van der Waals surface area contributed by atoms with Crippen LogP contribution in [0.4, 0.5) is 0 Å². The van der Waals surface area contributed by atoms with Crippen LogP contribution in [-0.4, -0.2) is 29.7 Å². The van der Waals surface area contributed by atoms with Gasteiger partial charge in [-0.15, -0.1) is 0 Å². The molecular weight excluding hydrogens is 185 g/mol. The molecule has 0 bridgehead atoms. The van der Waals surface area contributed by atoms with E-state index in [-0.39, 0.29) is 29.6 Å². The van der Waals surface area contributed by atoms with E-state index in [1.807, 2.05) is 0 Å². The predicted molar refractivity (Wildman–Crippen MR) is 31.0 cm³/mol. The second-order valence-corrected chi connectivity index (χ2v) is 3.31. The van der Waals surface area contributed by atoms with Crippen LogP contribution in [0.2, 0.25) is 0 Å². The van der Waals surface area contributed by atoms with Crippen molar-refractivity contribution in [3.05, 3.63) is 10.1 Å². The summed E-state index contributed by atoms with van der Waals surface area (Å²) in [5.74, 6) is -0.944. The molecule has 0 spiro atoms. The topological polar surface area (TPSA) is 100 Å². The minimum Gasteiger partial charge on any atom is -0.748 e. The number of nitrogens with zero attached hydrogens (tertiary/aromatic N) is 1. The zero-order valence-corrected chi connectivity index (χ0v) is 9.00. The Morgan fingerprint density at radius 2 is 1.91 bits per heavy atom. The molecule has 0 saturated heterocycles. The van der Waals surface area contributed by atoms with Gasteiger partial charge in [-0.25, -0.2) is 8.42 Å². The van der Waals surface area contributed by atoms with Gasteiger partial charge in [0.2, 0.25) is 6.04 Å². The number of hydrogen-bond acceptors (Lipinski definition) is 5. The maximum atomic E-state index is 9.89. The van der Waals surface area contributed by atoms with Crippen molar-refractivity contribution in [2.45, 2.75) is 13.0 Å². The Morgan fingerprint density at radius 1 is 1.55 bits per heavy atom. The third kappa shape index (κ3) is 8.21. The van der Waals surface area contributed by atoms with E-state index in [4.69, 9.17) is 0 Å². The first kappa shape index (κ1) is 13.9. The van der Waals surface area contributed by atoms with E-state index in [0.717, 1.165) is 6.92 Å². The summed E-state index contributed by atoms with van der Waals surface area (Å²) in [4.78, 5) is 8.97. The van der Waals surface area contributed by atoms with E-state index >= 15 is 0 Å². The first-order valence-corrected chi connectivity index (χ1v) is 3.97. The first-order valence-electron chi connectivity index (χ1n) is 2.40. The Morgan fingerprint density at radius 3 is 2.00 bits per heavy atom. The van der Waals surface area contributed by atoms with E-state index in [0.29, 0.717) is 0 Å². The molecule has 0 aromatic heterocycles. The van der Waals surface area contributed by atoms with E-state index < -0.39 is 26.8 Å². The van der Waals surface area contributed by atoms with Crippen LogP contribution in [0.3, 0.4) is 0 Å². The third-order valence-corrected chi connectivity index (χ3v) is 1.70. The quantitative estimate of drug-likeness (QED) is 0.197. The molecule has 6 nitrogen and oxygen atoms in total. The second-order valence-electron chi connectivity index (χ2n) is 1.86. The van der Waals surface area contributed by atoms with Crippen molar-refractivity contribution in [2.24, 2.45) is 0 Å². The predicted octanol–water partition coefficient (Wildman–Crippen LogP) is -3.80. The maximum absolute atomic E-state index is 9.89. The van der Waals surface area contributed by atoms with Gasteiger partial charge in [-0.1, -0.05) is 0 Å². The largest absolute Gasteiger partial charge is 1.00 e. The average molecular weight is 191 g/mol. The standard InChI is InChI=1S/C3H7NO5S.Na/c1-3(4(5)6)2-10(7,8)9;/h3H,2H2,1H3,(H,7,8,9);/q;+1/p-1. The van der Waals surface area contributed by atoms with Crippen molar-refractivity contribution in [3.63, 3.8) is 0 Å². The fourth-order valence-corrected chi connectivity index (χ4v) is 1.07. The fraction of sp³-hybridized carbons (Fsp3) is 1.00. The SMILES string of the molecule is CC(CS(=O)(=O)[O-])[N+](=O)[O-].[Na+]. The van der Waals surface area contributed by atoms with Gasteiger partial charge < -0.3 is 4.55 Å². The van der Waals surface area contributed by atoms with Gasteiger partial charge >= 0.3 is 29.6 Å². The molecule has 60 valence electrons. The van der Waals surface area contributed by atoms with Gasteiger partial charge in [0.05, 0.1) is 0 Å². The van der Waals surface area contributed by atoms with Crippen LogP contribution in [0, 0.1) is 10.1 Å². The summed E-state index contributed by atoms with van der Waals surface area (Å²) in [6.45, 7) is 1.06. The van der Waals surface area contributed by atoms with Crippen molar-refractivity contribution in [2.75, 3.05) is 5.75 Å². The van der Waals surface area contributed by atoms with Gasteiger partial charge in [-0.05, 0) is 0 Å². The Bertz CT molecular complexity index is 224. The van der Waals surface area contributed by atoms with Crippen LogP contribution in [0.25, 0.3) is 0 Å². The van der Waals surface area contributed by atoms with Crippen molar-refractivity contribution >= 4 is 10.1 Å². The summed E-state index contributed by atoms with van der Waals surface area (Å²) in [7, 11) is -4.46. The molecule has 0 aromatic rings. The molecule has 0 rings (SSSR count). The summed E-state index contributed by atoms with van der Waals surface area (Å²) in [6, 6.07) is -1.32. The molecule has 0 heterocycles. The van der Waals surface area contributed by atoms with Crippen LogP contribution in [0.15, 0.2) is 0 Å². The van der Waals surface area contributed by atoms with Crippen LogP contribution >= 0.6 is 0 Å². The Kier molecular flexibility index (Phi) is 6.36. The number of rotatable bonds is 3. The van der Waals surface area contributed by atoms with E-state index in [2.05, 4.69) is 0 Å². The molecule has 0 aromatic carbocycles. The van der Waals surface area contributed by atoms with Crippen LogP contribution < -0.4 is 29.6 Å². The van der Waals surface area contributed by atoms with Crippen molar-refractivity contribution in [1.29, 1.82) is 0 Å². The third-order valence-electron chi connectivity index (χ3n) is 0.805. The molecule has 0 radical (unpaired) electrons. The summed E-state index contributed by atoms with van der Waals surface area (Å²) in [6.07, 6.45) is 0. The average Bonchev–Trinajstić information content (AvgIpc) is 1.60. The Hall–Kier alpha value is 0.310. The van der Waals surface area contributed by atoms with Gasteiger partial charge in [0.1, 0.15) is 15.9 Å². The molecule has 0 fully saturated rings. The zero-order valence-electron chi connectivity index (χ0n) is 6.18. The molecule has 0 saturated carbocycles. The molecule has 1 unspecified atom stereocenters. The summed E-state index contributed by atoms with van der Waals surface area (Å²) in [5, 5.41) is 9.78. The minimum absolute atomic E-state index is 0. The smallest absolute Gasteiger partial charge is 0.748 e. The molecule has 11 heavy (non-hydrogen) atoms. The van der Waals surface area contributed by atoms with Gasteiger partial charge in [0.15, 0.2) is 0 Å². The van der Waals surface area contributed by atoms with E-state index in [1.54, 1.807) is 0 Å². The summed E-state index contributed by atoms with van der Waals surface area (Å²) in [5.41, 5.74) is 0. The summed E-state index contributed by atoms with van der Waals surface area (Å²) < 4.78 is 29.7. The maximum Gasteiger partial charge on any atom is 1.00 e. The van der Waals surface area contributed by atoms with Crippen LogP contribution in [0.5, 0.6) is 0 Å². The number of nitro groups is 1.